The van der Waals surface area contributed by atoms with E-state index in [4.69, 9.17) is 0 Å². The summed E-state index contributed by atoms with van der Waals surface area (Å²) in [6.45, 7) is 3.52. The number of rotatable bonds is 3. The molecule has 2 amide bonds. The molecule has 4 heterocycles. The Kier molecular flexibility index (Phi) is 4.95. The number of imide groups is 1. The number of benzene rings is 1. The minimum Gasteiger partial charge on any atom is -0.369 e. The van der Waals surface area contributed by atoms with Gasteiger partial charge in [-0.25, -0.2) is 13.9 Å². The third-order valence-corrected chi connectivity index (χ3v) is 6.16. The molecule has 2 aliphatic rings. The zero-order valence-corrected chi connectivity index (χ0v) is 17.5. The second-order valence-electron chi connectivity index (χ2n) is 7.51. The van der Waals surface area contributed by atoms with Gasteiger partial charge in [0.25, 0.3) is 11.1 Å². The Bertz CT molecular complexity index is 1230. The predicted molar refractivity (Wildman–Crippen MR) is 117 cm³/mol. The van der Waals surface area contributed by atoms with Gasteiger partial charge in [0.2, 0.25) is 0 Å². The van der Waals surface area contributed by atoms with Crippen molar-refractivity contribution in [2.24, 2.45) is 0 Å². The van der Waals surface area contributed by atoms with Gasteiger partial charge in [0.1, 0.15) is 5.82 Å². The lowest BCUT2D eigenvalue weighted by atomic mass is 10.1. The quantitative estimate of drug-likeness (QED) is 0.630. The number of fused-ring (bicyclic) bond motifs is 1. The molecular formula is C21H19FN6O2S. The first-order valence-corrected chi connectivity index (χ1v) is 10.6. The van der Waals surface area contributed by atoms with Gasteiger partial charge in [-0.15, -0.1) is 0 Å². The van der Waals surface area contributed by atoms with Gasteiger partial charge >= 0.3 is 0 Å². The summed E-state index contributed by atoms with van der Waals surface area (Å²) < 4.78 is 16.1. The van der Waals surface area contributed by atoms with Gasteiger partial charge in [-0.3, -0.25) is 14.9 Å². The third-order valence-electron chi connectivity index (χ3n) is 5.35. The van der Waals surface area contributed by atoms with E-state index in [0.29, 0.717) is 22.6 Å². The van der Waals surface area contributed by atoms with Crippen molar-refractivity contribution in [2.75, 3.05) is 38.1 Å². The summed E-state index contributed by atoms with van der Waals surface area (Å²) in [5.74, 6) is -0.762. The Morgan fingerprint density at radius 1 is 1.13 bits per heavy atom. The van der Waals surface area contributed by atoms with Crippen LogP contribution in [-0.2, 0) is 4.79 Å². The molecule has 0 unspecified atom stereocenters. The largest absolute Gasteiger partial charge is 0.369 e. The van der Waals surface area contributed by atoms with Crippen LogP contribution >= 0.6 is 11.8 Å². The number of thioether (sulfide) groups is 1. The fourth-order valence-corrected chi connectivity index (χ4v) is 4.35. The fraction of sp³-hybridized carbons (Fsp3) is 0.238. The van der Waals surface area contributed by atoms with E-state index in [9.17, 15) is 14.0 Å². The lowest BCUT2D eigenvalue weighted by molar-refractivity contribution is -0.115. The summed E-state index contributed by atoms with van der Waals surface area (Å²) in [6.07, 6.45) is 3.21. The van der Waals surface area contributed by atoms with Gasteiger partial charge < -0.3 is 9.80 Å². The molecule has 0 atom stereocenters. The van der Waals surface area contributed by atoms with Crippen LogP contribution in [0.3, 0.4) is 0 Å². The van der Waals surface area contributed by atoms with E-state index in [1.165, 1.54) is 6.07 Å². The number of nitrogens with one attached hydrogen (secondary N) is 1. The Morgan fingerprint density at radius 3 is 2.68 bits per heavy atom. The molecule has 2 aliphatic heterocycles. The van der Waals surface area contributed by atoms with Crippen molar-refractivity contribution in [3.05, 3.63) is 52.9 Å². The summed E-state index contributed by atoms with van der Waals surface area (Å²) in [5, 5.41) is 6.36. The van der Waals surface area contributed by atoms with E-state index in [1.807, 2.05) is 6.07 Å². The molecule has 1 aromatic carbocycles. The molecule has 3 aromatic rings. The summed E-state index contributed by atoms with van der Waals surface area (Å²) in [4.78, 5) is 32.3. The van der Waals surface area contributed by atoms with Crippen molar-refractivity contribution in [3.63, 3.8) is 0 Å². The van der Waals surface area contributed by atoms with Crippen LogP contribution in [0.1, 0.15) is 5.69 Å². The molecule has 5 rings (SSSR count). The highest BCUT2D eigenvalue weighted by Gasteiger charge is 2.25. The van der Waals surface area contributed by atoms with E-state index in [0.717, 1.165) is 43.6 Å². The standard InChI is InChI=1S/C21H19FN6O2S/c1-26-4-6-27(7-5-26)16-9-13(8-14(22)10-16)17-12-23-19-3-2-15(25-28(17)19)11-18-20(29)24-21(30)31-18/h2-3,8-12H,4-7H2,1H3,(H,24,29,30)/b18-11-. The Morgan fingerprint density at radius 2 is 1.94 bits per heavy atom. The average molecular weight is 438 g/mol. The van der Waals surface area contributed by atoms with Crippen molar-refractivity contribution in [2.45, 2.75) is 0 Å². The van der Waals surface area contributed by atoms with Crippen LogP contribution in [0.25, 0.3) is 23.0 Å². The molecule has 2 fully saturated rings. The normalized spacial score (nSPS) is 18.9. The van der Waals surface area contributed by atoms with Gasteiger partial charge in [0.05, 0.1) is 22.5 Å². The number of hydrogen-bond donors (Lipinski definition) is 1. The Balaban J connectivity index is 1.52. The maximum Gasteiger partial charge on any atom is 0.290 e. The molecule has 8 nitrogen and oxygen atoms in total. The zero-order valence-electron chi connectivity index (χ0n) is 16.7. The zero-order chi connectivity index (χ0) is 21.5. The molecule has 158 valence electrons. The number of imidazole rings is 1. The fourth-order valence-electron chi connectivity index (χ4n) is 3.69. The molecule has 2 saturated heterocycles. The molecule has 31 heavy (non-hydrogen) atoms. The smallest absolute Gasteiger partial charge is 0.290 e. The van der Waals surface area contributed by atoms with Crippen LogP contribution in [0, 0.1) is 5.82 Å². The van der Waals surface area contributed by atoms with E-state index < -0.39 is 11.1 Å². The first kappa shape index (κ1) is 19.7. The first-order chi connectivity index (χ1) is 15.0. The van der Waals surface area contributed by atoms with E-state index in [2.05, 4.69) is 32.2 Å². The minimum atomic E-state index is -0.440. The summed E-state index contributed by atoms with van der Waals surface area (Å²) >= 11 is 0.834. The molecule has 2 aromatic heterocycles. The maximum absolute atomic E-state index is 14.5. The van der Waals surface area contributed by atoms with Crippen molar-refractivity contribution in [3.8, 4) is 11.3 Å². The summed E-state index contributed by atoms with van der Waals surface area (Å²) in [6, 6.07) is 8.45. The van der Waals surface area contributed by atoms with Crippen molar-refractivity contribution >= 4 is 40.3 Å². The summed E-state index contributed by atoms with van der Waals surface area (Å²) in [5.41, 5.74) is 3.23. The number of aromatic nitrogens is 3. The molecule has 0 bridgehead atoms. The van der Waals surface area contributed by atoms with Gasteiger partial charge in [0.15, 0.2) is 5.65 Å². The monoisotopic (exact) mass is 438 g/mol. The molecule has 0 spiro atoms. The van der Waals surface area contributed by atoms with Gasteiger partial charge in [-0.2, -0.15) is 5.10 Å². The van der Waals surface area contributed by atoms with Crippen molar-refractivity contribution < 1.29 is 14.0 Å². The molecule has 1 N–H and O–H groups in total. The number of anilines is 1. The number of carbonyl (C=O) groups is 2. The van der Waals surface area contributed by atoms with Crippen LogP contribution in [0.15, 0.2) is 41.4 Å². The van der Waals surface area contributed by atoms with Crippen LogP contribution in [0.2, 0.25) is 0 Å². The van der Waals surface area contributed by atoms with Crippen LogP contribution in [0.5, 0.6) is 0 Å². The molecule has 0 aliphatic carbocycles. The predicted octanol–water partition coefficient (Wildman–Crippen LogP) is 2.61. The van der Waals surface area contributed by atoms with E-state index in [-0.39, 0.29) is 10.7 Å². The number of amides is 2. The average Bonchev–Trinajstić information content (AvgIpc) is 3.30. The van der Waals surface area contributed by atoms with Crippen LogP contribution < -0.4 is 10.2 Å². The molecule has 0 radical (unpaired) electrons. The number of nitrogens with zero attached hydrogens (tertiary/aromatic N) is 5. The second kappa shape index (κ2) is 7.78. The number of halogens is 1. The number of carbonyl (C=O) groups excluding carboxylic acids is 2. The highest BCUT2D eigenvalue weighted by atomic mass is 32.2. The van der Waals surface area contributed by atoms with Crippen molar-refractivity contribution in [1.82, 2.24) is 24.8 Å². The lowest BCUT2D eigenvalue weighted by Gasteiger charge is -2.34. The van der Waals surface area contributed by atoms with E-state index >= 15 is 0 Å². The van der Waals surface area contributed by atoms with Gasteiger partial charge in [0, 0.05) is 37.4 Å². The molecule has 10 heteroatoms. The number of likely N-dealkylation sites (N-methyl/N-ethyl adjacent to an activating group) is 1. The highest BCUT2D eigenvalue weighted by Crippen LogP contribution is 2.29. The number of piperazine rings is 1. The highest BCUT2D eigenvalue weighted by molar-refractivity contribution is 8.18. The Labute approximate surface area is 181 Å². The number of hydrogen-bond acceptors (Lipinski definition) is 7. The lowest BCUT2D eigenvalue weighted by Crippen LogP contribution is -2.44. The topological polar surface area (TPSA) is 82.8 Å². The Hall–Kier alpha value is -3.24. The van der Waals surface area contributed by atoms with Crippen molar-refractivity contribution in [1.29, 1.82) is 0 Å². The van der Waals surface area contributed by atoms with Crippen LogP contribution in [0.4, 0.5) is 14.9 Å². The molecule has 0 saturated carbocycles. The third kappa shape index (κ3) is 3.91. The first-order valence-electron chi connectivity index (χ1n) is 9.80. The van der Waals surface area contributed by atoms with Gasteiger partial charge in [-0.1, -0.05) is 0 Å². The van der Waals surface area contributed by atoms with Gasteiger partial charge in [-0.05, 0) is 55.2 Å². The summed E-state index contributed by atoms with van der Waals surface area (Å²) in [7, 11) is 2.08. The maximum atomic E-state index is 14.5. The minimum absolute atomic E-state index is 0.279. The van der Waals surface area contributed by atoms with Crippen LogP contribution in [-0.4, -0.2) is 63.9 Å². The molecular weight excluding hydrogens is 419 g/mol. The van der Waals surface area contributed by atoms with E-state index in [1.54, 1.807) is 35.0 Å². The SMILES string of the molecule is CN1CCN(c2cc(F)cc(-c3cnc4ccc(/C=C5\SC(=O)NC5=O)nn34)c2)CC1. The second-order valence-corrected chi connectivity index (χ2v) is 8.53.